The second-order valence-electron chi connectivity index (χ2n) is 5.51. The van der Waals surface area contributed by atoms with Crippen molar-refractivity contribution in [1.82, 2.24) is 15.0 Å². The minimum atomic E-state index is 0.767. The van der Waals surface area contributed by atoms with E-state index in [4.69, 9.17) is 0 Å². The quantitative estimate of drug-likeness (QED) is 0.724. The molecule has 0 aliphatic rings. The van der Waals surface area contributed by atoms with Gasteiger partial charge in [-0.15, -0.1) is 0 Å². The Bertz CT molecular complexity index is 746. The number of aryl methyl sites for hydroxylation is 1. The van der Waals surface area contributed by atoms with Gasteiger partial charge in [0.2, 0.25) is 0 Å². The van der Waals surface area contributed by atoms with Gasteiger partial charge in [-0.1, -0.05) is 36.4 Å². The molecule has 0 spiro atoms. The zero-order valence-corrected chi connectivity index (χ0v) is 13.8. The maximum Gasteiger partial charge on any atom is 0.147 e. The number of benzene rings is 1. The molecule has 1 N–H and O–H groups in total. The lowest BCUT2D eigenvalue weighted by Crippen LogP contribution is -2.29. The molecular weight excluding hydrogens is 298 g/mol. The van der Waals surface area contributed by atoms with Gasteiger partial charge in [-0.25, -0.2) is 9.97 Å². The Balaban J connectivity index is 1.67. The van der Waals surface area contributed by atoms with E-state index < -0.39 is 0 Å². The first-order valence-electron chi connectivity index (χ1n) is 8.04. The summed E-state index contributed by atoms with van der Waals surface area (Å²) in [5, 5.41) is 3.36. The maximum atomic E-state index is 4.49. The summed E-state index contributed by atoms with van der Waals surface area (Å²) in [4.78, 5) is 15.3. The van der Waals surface area contributed by atoms with E-state index in [1.807, 2.05) is 37.4 Å². The van der Waals surface area contributed by atoms with Crippen LogP contribution in [0.25, 0.3) is 0 Å². The highest BCUT2D eigenvalue weighted by Gasteiger charge is 2.09. The Labute approximate surface area is 142 Å². The van der Waals surface area contributed by atoms with E-state index in [2.05, 4.69) is 49.4 Å². The van der Waals surface area contributed by atoms with Crippen molar-refractivity contribution in [2.75, 3.05) is 23.3 Å². The predicted octanol–water partition coefficient (Wildman–Crippen LogP) is 3.30. The predicted molar refractivity (Wildman–Crippen MR) is 97.0 cm³/mol. The Morgan fingerprint density at radius 2 is 1.67 bits per heavy atom. The van der Waals surface area contributed by atoms with Crippen molar-refractivity contribution in [3.05, 3.63) is 78.4 Å². The molecule has 0 saturated carbocycles. The standard InChI is InChI=1S/C19H21N5/c1-16-19(22-12-11-20-16)23-13-14-24(18-9-5-6-10-21-18)15-17-7-3-2-4-8-17/h2-12H,13-15H2,1H3,(H,22,23). The Hall–Kier alpha value is -2.95. The summed E-state index contributed by atoms with van der Waals surface area (Å²) in [5.41, 5.74) is 2.17. The fraction of sp³-hybridized carbons (Fsp3) is 0.211. The van der Waals surface area contributed by atoms with Crippen LogP contribution >= 0.6 is 0 Å². The number of anilines is 2. The van der Waals surface area contributed by atoms with Gasteiger partial charge in [0, 0.05) is 38.2 Å². The molecule has 0 radical (unpaired) electrons. The minimum absolute atomic E-state index is 0.767. The lowest BCUT2D eigenvalue weighted by Gasteiger charge is -2.24. The zero-order chi connectivity index (χ0) is 16.6. The van der Waals surface area contributed by atoms with Crippen molar-refractivity contribution in [3.8, 4) is 0 Å². The van der Waals surface area contributed by atoms with Crippen molar-refractivity contribution in [2.24, 2.45) is 0 Å². The summed E-state index contributed by atoms with van der Waals surface area (Å²) in [7, 11) is 0. The van der Waals surface area contributed by atoms with Crippen LogP contribution < -0.4 is 10.2 Å². The number of nitrogens with one attached hydrogen (secondary N) is 1. The Morgan fingerprint density at radius 3 is 2.42 bits per heavy atom. The van der Waals surface area contributed by atoms with Crippen LogP contribution in [0.2, 0.25) is 0 Å². The maximum absolute atomic E-state index is 4.49. The molecule has 0 aliphatic heterocycles. The third kappa shape index (κ3) is 4.29. The lowest BCUT2D eigenvalue weighted by molar-refractivity contribution is 0.788. The number of hydrogen-bond acceptors (Lipinski definition) is 5. The van der Waals surface area contributed by atoms with Gasteiger partial charge in [-0.2, -0.15) is 0 Å². The minimum Gasteiger partial charge on any atom is -0.367 e. The van der Waals surface area contributed by atoms with E-state index >= 15 is 0 Å². The molecule has 2 aromatic heterocycles. The van der Waals surface area contributed by atoms with Gasteiger partial charge in [-0.05, 0) is 24.6 Å². The van der Waals surface area contributed by atoms with Gasteiger partial charge in [0.25, 0.3) is 0 Å². The van der Waals surface area contributed by atoms with Crippen molar-refractivity contribution in [2.45, 2.75) is 13.5 Å². The summed E-state index contributed by atoms with van der Waals surface area (Å²) in [6, 6.07) is 16.4. The summed E-state index contributed by atoms with van der Waals surface area (Å²) >= 11 is 0. The monoisotopic (exact) mass is 319 g/mol. The molecule has 5 nitrogen and oxygen atoms in total. The SMILES string of the molecule is Cc1nccnc1NCCN(Cc1ccccc1)c1ccccn1. The van der Waals surface area contributed by atoms with Crippen molar-refractivity contribution >= 4 is 11.6 Å². The molecule has 0 bridgehead atoms. The molecule has 3 aromatic rings. The molecule has 2 heterocycles. The summed E-state index contributed by atoms with van der Waals surface area (Å²) < 4.78 is 0. The highest BCUT2D eigenvalue weighted by Crippen LogP contribution is 2.14. The smallest absolute Gasteiger partial charge is 0.147 e. The molecule has 1 aromatic carbocycles. The highest BCUT2D eigenvalue weighted by atomic mass is 15.2. The average Bonchev–Trinajstić information content (AvgIpc) is 2.64. The molecule has 0 amide bonds. The van der Waals surface area contributed by atoms with Crippen LogP contribution in [0.3, 0.4) is 0 Å². The van der Waals surface area contributed by atoms with Crippen molar-refractivity contribution < 1.29 is 0 Å². The third-order valence-corrected chi connectivity index (χ3v) is 3.74. The fourth-order valence-corrected chi connectivity index (χ4v) is 2.51. The lowest BCUT2D eigenvalue weighted by atomic mass is 10.2. The van der Waals surface area contributed by atoms with Crippen molar-refractivity contribution in [1.29, 1.82) is 0 Å². The molecule has 0 saturated heterocycles. The zero-order valence-electron chi connectivity index (χ0n) is 13.8. The van der Waals surface area contributed by atoms with E-state index in [9.17, 15) is 0 Å². The first-order valence-corrected chi connectivity index (χ1v) is 8.04. The van der Waals surface area contributed by atoms with Gasteiger partial charge in [0.15, 0.2) is 0 Å². The largest absolute Gasteiger partial charge is 0.367 e. The van der Waals surface area contributed by atoms with Gasteiger partial charge in [0.05, 0.1) is 5.69 Å². The first-order chi connectivity index (χ1) is 11.8. The number of nitrogens with zero attached hydrogens (tertiary/aromatic N) is 4. The topological polar surface area (TPSA) is 53.9 Å². The van der Waals surface area contributed by atoms with Crippen LogP contribution in [0.4, 0.5) is 11.6 Å². The number of pyridine rings is 1. The Kier molecular flexibility index (Phi) is 5.35. The fourth-order valence-electron chi connectivity index (χ4n) is 2.51. The molecule has 5 heteroatoms. The molecule has 0 unspecified atom stereocenters. The van der Waals surface area contributed by atoms with E-state index in [0.29, 0.717) is 0 Å². The number of aromatic nitrogens is 3. The average molecular weight is 319 g/mol. The third-order valence-electron chi connectivity index (χ3n) is 3.74. The summed E-state index contributed by atoms with van der Waals surface area (Å²) in [6.45, 7) is 4.36. The van der Waals surface area contributed by atoms with Crippen LogP contribution in [-0.4, -0.2) is 28.0 Å². The normalized spacial score (nSPS) is 10.4. The van der Waals surface area contributed by atoms with E-state index in [1.54, 1.807) is 12.4 Å². The van der Waals surface area contributed by atoms with Crippen LogP contribution in [0, 0.1) is 6.92 Å². The second-order valence-corrected chi connectivity index (χ2v) is 5.51. The van der Waals surface area contributed by atoms with Crippen molar-refractivity contribution in [3.63, 3.8) is 0 Å². The summed E-state index contributed by atoms with van der Waals surface area (Å²) in [6.07, 6.45) is 5.24. The highest BCUT2D eigenvalue weighted by molar-refractivity contribution is 5.41. The van der Waals surface area contributed by atoms with Gasteiger partial charge in [-0.3, -0.25) is 4.98 Å². The molecule has 24 heavy (non-hydrogen) atoms. The molecule has 122 valence electrons. The van der Waals surface area contributed by atoms with Gasteiger partial charge >= 0.3 is 0 Å². The Morgan fingerprint density at radius 1 is 0.875 bits per heavy atom. The number of hydrogen-bond donors (Lipinski definition) is 1. The van der Waals surface area contributed by atoms with E-state index in [-0.39, 0.29) is 0 Å². The van der Waals surface area contributed by atoms with E-state index in [0.717, 1.165) is 37.0 Å². The van der Waals surface area contributed by atoms with Gasteiger partial charge < -0.3 is 10.2 Å². The molecular formula is C19H21N5. The van der Waals surface area contributed by atoms with Crippen LogP contribution in [0.1, 0.15) is 11.3 Å². The second kappa shape index (κ2) is 8.06. The van der Waals surface area contributed by atoms with Crippen LogP contribution in [0.5, 0.6) is 0 Å². The molecule has 0 atom stereocenters. The number of rotatable bonds is 7. The summed E-state index contributed by atoms with van der Waals surface area (Å²) in [5.74, 6) is 1.80. The van der Waals surface area contributed by atoms with Crippen LogP contribution in [-0.2, 0) is 6.54 Å². The van der Waals surface area contributed by atoms with Gasteiger partial charge in [0.1, 0.15) is 11.6 Å². The van der Waals surface area contributed by atoms with Crippen LogP contribution in [0.15, 0.2) is 67.1 Å². The molecule has 3 rings (SSSR count). The molecule has 0 fully saturated rings. The molecule has 0 aliphatic carbocycles. The first kappa shape index (κ1) is 15.9. The van der Waals surface area contributed by atoms with E-state index in [1.165, 1.54) is 5.56 Å².